The van der Waals surface area contributed by atoms with Crippen molar-refractivity contribution >= 4 is 51.1 Å². The van der Waals surface area contributed by atoms with Crippen LogP contribution in [0.4, 0.5) is 5.69 Å². The van der Waals surface area contributed by atoms with E-state index in [2.05, 4.69) is 20.8 Å². The average molecular weight is 488 g/mol. The minimum Gasteiger partial charge on any atom is -0.478 e. The predicted molar refractivity (Wildman–Crippen MR) is 114 cm³/mol. The SMILES string of the molecule is CCN(C(=O)C(/C(=C\C(=O)O)C(=O)O)C1CCN(C)CC1)c1ccc(Br)c(Cl)c1. The van der Waals surface area contributed by atoms with Crippen LogP contribution >= 0.6 is 27.5 Å². The van der Waals surface area contributed by atoms with Crippen LogP contribution in [0.2, 0.25) is 5.02 Å². The van der Waals surface area contributed by atoms with Crippen molar-refractivity contribution in [1.29, 1.82) is 0 Å². The molecule has 1 aromatic carbocycles. The fourth-order valence-electron chi connectivity index (χ4n) is 3.65. The topological polar surface area (TPSA) is 98.2 Å². The molecule has 1 atom stereocenters. The molecule has 0 saturated carbocycles. The van der Waals surface area contributed by atoms with E-state index in [-0.39, 0.29) is 5.92 Å². The second kappa shape index (κ2) is 10.2. The van der Waals surface area contributed by atoms with Crippen LogP contribution in [0.5, 0.6) is 0 Å². The van der Waals surface area contributed by atoms with E-state index in [1.54, 1.807) is 25.1 Å². The van der Waals surface area contributed by atoms with Gasteiger partial charge in [-0.1, -0.05) is 11.6 Å². The molecule has 0 aliphatic carbocycles. The summed E-state index contributed by atoms with van der Waals surface area (Å²) in [5.41, 5.74) is 0.141. The minimum absolute atomic E-state index is 0.264. The van der Waals surface area contributed by atoms with Gasteiger partial charge in [0.25, 0.3) is 0 Å². The number of nitrogens with zero attached hydrogens (tertiary/aromatic N) is 2. The first kappa shape index (κ1) is 23.4. The van der Waals surface area contributed by atoms with E-state index >= 15 is 0 Å². The summed E-state index contributed by atoms with van der Waals surface area (Å²) in [5, 5.41) is 19.3. The quantitative estimate of drug-likeness (QED) is 0.571. The lowest BCUT2D eigenvalue weighted by molar-refractivity contribution is -0.137. The van der Waals surface area contributed by atoms with Gasteiger partial charge in [-0.2, -0.15) is 0 Å². The monoisotopic (exact) mass is 486 g/mol. The summed E-state index contributed by atoms with van der Waals surface area (Å²) in [4.78, 5) is 40.3. The molecule has 1 saturated heterocycles. The molecule has 0 aromatic heterocycles. The molecule has 1 aliphatic rings. The van der Waals surface area contributed by atoms with Crippen LogP contribution in [0.15, 0.2) is 34.3 Å². The molecule has 29 heavy (non-hydrogen) atoms. The number of carboxylic acid groups (broad SMARTS) is 2. The number of aliphatic carboxylic acids is 2. The molecule has 1 heterocycles. The Bertz CT molecular complexity index is 821. The molecular weight excluding hydrogens is 464 g/mol. The maximum atomic E-state index is 13.5. The Hall–Kier alpha value is -1.90. The van der Waals surface area contributed by atoms with Crippen molar-refractivity contribution in [2.24, 2.45) is 11.8 Å². The van der Waals surface area contributed by atoms with Crippen molar-refractivity contribution in [3.63, 3.8) is 0 Å². The molecule has 9 heteroatoms. The molecular formula is C20H24BrClN2O5. The van der Waals surface area contributed by atoms with Crippen LogP contribution in [-0.2, 0) is 14.4 Å². The third-order valence-corrected chi connectivity index (χ3v) is 6.39. The maximum Gasteiger partial charge on any atom is 0.332 e. The molecule has 2 rings (SSSR count). The first-order chi connectivity index (χ1) is 13.6. The highest BCUT2D eigenvalue weighted by Gasteiger charge is 2.39. The zero-order valence-corrected chi connectivity index (χ0v) is 18.6. The fraction of sp³-hybridized carbons (Fsp3) is 0.450. The van der Waals surface area contributed by atoms with Gasteiger partial charge in [0.1, 0.15) is 0 Å². The highest BCUT2D eigenvalue weighted by Crippen LogP contribution is 2.34. The van der Waals surface area contributed by atoms with Gasteiger partial charge in [-0.05, 0) is 79.9 Å². The summed E-state index contributed by atoms with van der Waals surface area (Å²) in [6.45, 7) is 3.50. The van der Waals surface area contributed by atoms with Gasteiger partial charge >= 0.3 is 11.9 Å². The number of halogens is 2. The molecule has 0 bridgehead atoms. The number of carbonyl (C=O) groups is 3. The molecule has 7 nitrogen and oxygen atoms in total. The van der Waals surface area contributed by atoms with Gasteiger partial charge in [0, 0.05) is 22.8 Å². The van der Waals surface area contributed by atoms with Crippen LogP contribution in [0.1, 0.15) is 19.8 Å². The van der Waals surface area contributed by atoms with Crippen LogP contribution in [-0.4, -0.2) is 59.6 Å². The predicted octanol–water partition coefficient (Wildman–Crippen LogP) is 3.51. The fourth-order valence-corrected chi connectivity index (χ4v) is 4.08. The minimum atomic E-state index is -1.39. The first-order valence-electron chi connectivity index (χ1n) is 9.28. The normalized spacial score (nSPS) is 17.0. The highest BCUT2D eigenvalue weighted by molar-refractivity contribution is 9.10. The van der Waals surface area contributed by atoms with Gasteiger partial charge < -0.3 is 20.0 Å². The summed E-state index contributed by atoms with van der Waals surface area (Å²) < 4.78 is 0.676. The molecule has 1 aliphatic heterocycles. The maximum absolute atomic E-state index is 13.5. The van der Waals surface area contributed by atoms with Crippen molar-refractivity contribution < 1.29 is 24.6 Å². The molecule has 0 spiro atoms. The number of benzene rings is 1. The van der Waals surface area contributed by atoms with Gasteiger partial charge in [-0.15, -0.1) is 0 Å². The molecule has 158 valence electrons. The summed E-state index contributed by atoms with van der Waals surface area (Å²) in [5.74, 6) is -4.53. The Morgan fingerprint density at radius 3 is 2.41 bits per heavy atom. The van der Waals surface area contributed by atoms with E-state index in [0.717, 1.165) is 0 Å². The van der Waals surface area contributed by atoms with Crippen LogP contribution in [0.25, 0.3) is 0 Å². The first-order valence-corrected chi connectivity index (χ1v) is 10.5. The number of likely N-dealkylation sites (tertiary alicyclic amines) is 1. The standard InChI is InChI=1S/C20H24BrClN2O5/c1-3-24(13-4-5-15(21)16(22)10-13)19(27)18(12-6-8-23(2)9-7-12)14(20(28)29)11-17(25)26/h4-5,10-12,18H,3,6-9H2,1-2H3,(H,25,26)(H,28,29)/b14-11+. The van der Waals surface area contributed by atoms with Crippen molar-refractivity contribution in [3.8, 4) is 0 Å². The number of piperidine rings is 1. The second-order valence-corrected chi connectivity index (χ2v) is 8.30. The zero-order valence-electron chi connectivity index (χ0n) is 16.3. The van der Waals surface area contributed by atoms with E-state index in [9.17, 15) is 24.6 Å². The number of anilines is 1. The number of amides is 1. The Morgan fingerprint density at radius 1 is 1.31 bits per heavy atom. The molecule has 0 radical (unpaired) electrons. The van der Waals surface area contributed by atoms with Crippen molar-refractivity contribution in [1.82, 2.24) is 4.90 Å². The number of rotatable bonds is 7. The lowest BCUT2D eigenvalue weighted by Crippen LogP contribution is -2.44. The van der Waals surface area contributed by atoms with Gasteiger partial charge in [0.2, 0.25) is 5.91 Å². The number of carboxylic acids is 2. The van der Waals surface area contributed by atoms with Crippen LogP contribution in [0, 0.1) is 11.8 Å². The van der Waals surface area contributed by atoms with Crippen molar-refractivity contribution in [2.45, 2.75) is 19.8 Å². The lowest BCUT2D eigenvalue weighted by Gasteiger charge is -2.36. The molecule has 1 amide bonds. The second-order valence-electron chi connectivity index (χ2n) is 7.04. The summed E-state index contributed by atoms with van der Waals surface area (Å²) in [6, 6.07) is 5.05. The highest BCUT2D eigenvalue weighted by atomic mass is 79.9. The Labute approximate surface area is 183 Å². The third-order valence-electron chi connectivity index (χ3n) is 5.16. The largest absolute Gasteiger partial charge is 0.478 e. The van der Waals surface area contributed by atoms with E-state index in [4.69, 9.17) is 11.6 Å². The molecule has 1 fully saturated rings. The Kier molecular flexibility index (Phi) is 8.24. The van der Waals surface area contributed by atoms with E-state index in [0.29, 0.717) is 53.7 Å². The van der Waals surface area contributed by atoms with Gasteiger partial charge in [0.15, 0.2) is 0 Å². The Morgan fingerprint density at radius 2 is 1.93 bits per heavy atom. The van der Waals surface area contributed by atoms with Crippen molar-refractivity contribution in [2.75, 3.05) is 31.6 Å². The third kappa shape index (κ3) is 5.81. The van der Waals surface area contributed by atoms with Crippen LogP contribution in [0.3, 0.4) is 0 Å². The van der Waals surface area contributed by atoms with Gasteiger partial charge in [0.05, 0.1) is 16.5 Å². The molecule has 1 unspecified atom stereocenters. The lowest BCUT2D eigenvalue weighted by atomic mass is 9.78. The smallest absolute Gasteiger partial charge is 0.332 e. The molecule has 1 aromatic rings. The summed E-state index contributed by atoms with van der Waals surface area (Å²) in [6.07, 6.45) is 1.86. The average Bonchev–Trinajstić information content (AvgIpc) is 2.65. The Balaban J connectivity index is 2.49. The van der Waals surface area contributed by atoms with Gasteiger partial charge in [-0.3, -0.25) is 4.79 Å². The number of hydrogen-bond donors (Lipinski definition) is 2. The summed E-state index contributed by atoms with van der Waals surface area (Å²) in [7, 11) is 1.96. The number of hydrogen-bond acceptors (Lipinski definition) is 4. The van der Waals surface area contributed by atoms with Crippen molar-refractivity contribution in [3.05, 3.63) is 39.3 Å². The van der Waals surface area contributed by atoms with Crippen LogP contribution < -0.4 is 4.90 Å². The van der Waals surface area contributed by atoms with Gasteiger partial charge in [-0.25, -0.2) is 9.59 Å². The zero-order chi connectivity index (χ0) is 21.7. The molecule has 2 N–H and O–H groups in total. The van der Waals surface area contributed by atoms with E-state index in [1.807, 2.05) is 7.05 Å². The van der Waals surface area contributed by atoms with E-state index in [1.165, 1.54) is 4.90 Å². The summed E-state index contributed by atoms with van der Waals surface area (Å²) >= 11 is 9.48. The van der Waals surface area contributed by atoms with E-state index < -0.39 is 29.3 Å². The number of carbonyl (C=O) groups excluding carboxylic acids is 1.